The third kappa shape index (κ3) is 4.84. The van der Waals surface area contributed by atoms with E-state index in [0.29, 0.717) is 22.9 Å². The molecule has 1 aliphatic rings. The number of aryl methyl sites for hydroxylation is 1. The molecule has 1 aromatic carbocycles. The minimum Gasteiger partial charge on any atom is -0.323 e. The van der Waals surface area contributed by atoms with E-state index >= 15 is 0 Å². The van der Waals surface area contributed by atoms with Gasteiger partial charge in [0.15, 0.2) is 5.69 Å². The monoisotopic (exact) mass is 437 g/mol. The molecule has 0 spiro atoms. The molecule has 0 radical (unpaired) electrons. The molecule has 6 nitrogen and oxygen atoms in total. The van der Waals surface area contributed by atoms with Crippen molar-refractivity contribution in [2.45, 2.75) is 44.4 Å². The summed E-state index contributed by atoms with van der Waals surface area (Å²) in [7, 11) is 0. The van der Waals surface area contributed by atoms with Gasteiger partial charge in [0, 0.05) is 35.8 Å². The number of rotatable bonds is 7. The lowest BCUT2D eigenvalue weighted by atomic mass is 10.2. The normalized spacial score (nSPS) is 14.1. The molecular weight excluding hydrogens is 419 g/mol. The van der Waals surface area contributed by atoms with Gasteiger partial charge < -0.3 is 5.32 Å². The largest absolute Gasteiger partial charge is 0.435 e. The van der Waals surface area contributed by atoms with Crippen molar-refractivity contribution in [3.05, 3.63) is 64.7 Å². The first-order chi connectivity index (χ1) is 14.3. The SMILES string of the molecule is O=C(CCn1nc(C(F)(F)F)cc1C1CC1)Nc1cnn(Cc2ccccc2Cl)c1. The molecule has 1 aliphatic carbocycles. The first kappa shape index (κ1) is 20.5. The van der Waals surface area contributed by atoms with E-state index in [-0.39, 0.29) is 24.8 Å². The molecule has 0 bridgehead atoms. The van der Waals surface area contributed by atoms with E-state index < -0.39 is 11.9 Å². The third-order valence-corrected chi connectivity index (χ3v) is 5.22. The van der Waals surface area contributed by atoms with Crippen LogP contribution in [0.4, 0.5) is 18.9 Å². The van der Waals surface area contributed by atoms with Gasteiger partial charge in [0.05, 0.1) is 18.4 Å². The van der Waals surface area contributed by atoms with E-state index in [1.807, 2.05) is 18.2 Å². The number of carbonyl (C=O) groups excluding carboxylic acids is 1. The van der Waals surface area contributed by atoms with E-state index in [2.05, 4.69) is 15.5 Å². The topological polar surface area (TPSA) is 64.7 Å². The van der Waals surface area contributed by atoms with Crippen LogP contribution in [0.2, 0.25) is 5.02 Å². The highest BCUT2D eigenvalue weighted by Gasteiger charge is 2.37. The Labute approximate surface area is 175 Å². The second-order valence-electron chi connectivity index (χ2n) is 7.27. The fourth-order valence-electron chi connectivity index (χ4n) is 3.20. The fourth-order valence-corrected chi connectivity index (χ4v) is 3.40. The van der Waals surface area contributed by atoms with Crippen molar-refractivity contribution in [1.82, 2.24) is 19.6 Å². The van der Waals surface area contributed by atoms with Gasteiger partial charge in [0.2, 0.25) is 5.91 Å². The molecule has 2 heterocycles. The predicted octanol–water partition coefficient (Wildman–Crippen LogP) is 4.71. The number of carbonyl (C=O) groups is 1. The Morgan fingerprint density at radius 1 is 1.27 bits per heavy atom. The molecule has 3 aromatic rings. The van der Waals surface area contributed by atoms with Gasteiger partial charge in [-0.2, -0.15) is 23.4 Å². The smallest absolute Gasteiger partial charge is 0.323 e. The Bertz CT molecular complexity index is 1050. The quantitative estimate of drug-likeness (QED) is 0.582. The molecule has 4 rings (SSSR count). The van der Waals surface area contributed by atoms with Crippen LogP contribution in [0, 0.1) is 0 Å². The molecule has 30 heavy (non-hydrogen) atoms. The summed E-state index contributed by atoms with van der Waals surface area (Å²) in [5.41, 5.74) is 1.03. The molecule has 0 saturated heterocycles. The second kappa shape index (κ2) is 8.14. The van der Waals surface area contributed by atoms with E-state index in [1.165, 1.54) is 10.9 Å². The molecular formula is C20H19ClF3N5O. The van der Waals surface area contributed by atoms with Gasteiger partial charge >= 0.3 is 6.18 Å². The number of hydrogen-bond donors (Lipinski definition) is 1. The zero-order chi connectivity index (χ0) is 21.3. The Balaban J connectivity index is 1.35. The van der Waals surface area contributed by atoms with Crippen LogP contribution in [-0.4, -0.2) is 25.5 Å². The van der Waals surface area contributed by atoms with Crippen LogP contribution in [0.25, 0.3) is 0 Å². The minimum atomic E-state index is -4.49. The van der Waals surface area contributed by atoms with E-state index in [0.717, 1.165) is 24.5 Å². The van der Waals surface area contributed by atoms with E-state index in [4.69, 9.17) is 11.6 Å². The number of amides is 1. The number of nitrogens with zero attached hydrogens (tertiary/aromatic N) is 4. The van der Waals surface area contributed by atoms with Crippen LogP contribution in [0.1, 0.15) is 42.1 Å². The summed E-state index contributed by atoms with van der Waals surface area (Å²) in [6.07, 6.45) is 0.397. The van der Waals surface area contributed by atoms with Crippen LogP contribution >= 0.6 is 11.6 Å². The first-order valence-electron chi connectivity index (χ1n) is 9.50. The highest BCUT2D eigenvalue weighted by molar-refractivity contribution is 6.31. The van der Waals surface area contributed by atoms with E-state index in [1.54, 1.807) is 16.9 Å². The van der Waals surface area contributed by atoms with Crippen molar-refractivity contribution < 1.29 is 18.0 Å². The number of anilines is 1. The summed E-state index contributed by atoms with van der Waals surface area (Å²) in [5, 5.41) is 11.2. The van der Waals surface area contributed by atoms with Crippen LogP contribution < -0.4 is 5.32 Å². The maximum Gasteiger partial charge on any atom is 0.435 e. The summed E-state index contributed by atoms with van der Waals surface area (Å²) >= 11 is 6.14. The second-order valence-corrected chi connectivity index (χ2v) is 7.67. The molecule has 158 valence electrons. The van der Waals surface area contributed by atoms with Crippen molar-refractivity contribution >= 4 is 23.2 Å². The Kier molecular flexibility index (Phi) is 5.55. The lowest BCUT2D eigenvalue weighted by molar-refractivity contribution is -0.141. The lowest BCUT2D eigenvalue weighted by Gasteiger charge is -2.07. The van der Waals surface area contributed by atoms with Crippen LogP contribution in [-0.2, 0) is 24.1 Å². The van der Waals surface area contributed by atoms with Crippen molar-refractivity contribution in [1.29, 1.82) is 0 Å². The van der Waals surface area contributed by atoms with Gasteiger partial charge in [-0.3, -0.25) is 14.2 Å². The first-order valence-corrected chi connectivity index (χ1v) is 9.88. The van der Waals surface area contributed by atoms with Crippen molar-refractivity contribution in [3.63, 3.8) is 0 Å². The lowest BCUT2D eigenvalue weighted by Crippen LogP contribution is -2.16. The third-order valence-electron chi connectivity index (χ3n) is 4.86. The fraction of sp³-hybridized carbons (Fsp3) is 0.350. The zero-order valence-corrected chi connectivity index (χ0v) is 16.6. The summed E-state index contributed by atoms with van der Waals surface area (Å²) in [6.45, 7) is 0.537. The maximum absolute atomic E-state index is 13.0. The summed E-state index contributed by atoms with van der Waals surface area (Å²) in [6, 6.07) is 8.49. The number of hydrogen-bond acceptors (Lipinski definition) is 3. The van der Waals surface area contributed by atoms with Crippen LogP contribution in [0.15, 0.2) is 42.7 Å². The molecule has 1 fully saturated rings. The maximum atomic E-state index is 13.0. The number of benzene rings is 1. The van der Waals surface area contributed by atoms with Gasteiger partial charge in [-0.15, -0.1) is 0 Å². The molecule has 1 amide bonds. The molecule has 0 unspecified atom stereocenters. The van der Waals surface area contributed by atoms with Gasteiger partial charge in [0.1, 0.15) is 0 Å². The Hall–Kier alpha value is -2.81. The zero-order valence-electron chi connectivity index (χ0n) is 15.9. The molecule has 10 heteroatoms. The summed E-state index contributed by atoms with van der Waals surface area (Å²) < 4.78 is 41.8. The predicted molar refractivity (Wildman–Crippen MR) is 105 cm³/mol. The Morgan fingerprint density at radius 2 is 2.03 bits per heavy atom. The standard InChI is InChI=1S/C20H19ClF3N5O/c21-16-4-2-1-3-14(16)11-28-12-15(10-25-28)26-19(30)7-8-29-17(13-5-6-13)9-18(27-29)20(22,23)24/h1-4,9-10,12-13H,5-8,11H2,(H,26,30). The Morgan fingerprint density at radius 3 is 2.73 bits per heavy atom. The highest BCUT2D eigenvalue weighted by atomic mass is 35.5. The number of nitrogens with one attached hydrogen (secondary N) is 1. The average molecular weight is 438 g/mol. The molecule has 0 atom stereocenters. The van der Waals surface area contributed by atoms with Crippen molar-refractivity contribution in [3.8, 4) is 0 Å². The molecule has 1 saturated carbocycles. The molecule has 1 N–H and O–H groups in total. The summed E-state index contributed by atoms with van der Waals surface area (Å²) in [5.74, 6) is -0.224. The van der Waals surface area contributed by atoms with Gasteiger partial charge in [0.25, 0.3) is 0 Å². The van der Waals surface area contributed by atoms with Crippen molar-refractivity contribution in [2.75, 3.05) is 5.32 Å². The van der Waals surface area contributed by atoms with Gasteiger partial charge in [-0.25, -0.2) is 0 Å². The van der Waals surface area contributed by atoms with Gasteiger partial charge in [-0.05, 0) is 30.5 Å². The highest BCUT2D eigenvalue weighted by Crippen LogP contribution is 2.42. The molecule has 0 aliphatic heterocycles. The van der Waals surface area contributed by atoms with Crippen LogP contribution in [0.5, 0.6) is 0 Å². The number of alkyl halides is 3. The number of halogens is 4. The van der Waals surface area contributed by atoms with Gasteiger partial charge in [-0.1, -0.05) is 29.8 Å². The van der Waals surface area contributed by atoms with Crippen molar-refractivity contribution in [2.24, 2.45) is 0 Å². The number of aromatic nitrogens is 4. The molecule has 2 aromatic heterocycles. The minimum absolute atomic E-state index is 0.00832. The average Bonchev–Trinajstić information content (AvgIpc) is 3.28. The van der Waals surface area contributed by atoms with Crippen LogP contribution in [0.3, 0.4) is 0 Å². The van der Waals surface area contributed by atoms with E-state index in [9.17, 15) is 18.0 Å². The summed E-state index contributed by atoms with van der Waals surface area (Å²) in [4.78, 5) is 12.3.